The molecule has 2 aromatic carbocycles. The lowest BCUT2D eigenvalue weighted by atomic mass is 10.0. The Labute approximate surface area is 141 Å². The van der Waals surface area contributed by atoms with Gasteiger partial charge in [0.25, 0.3) is 0 Å². The van der Waals surface area contributed by atoms with Crippen LogP contribution in [0.1, 0.15) is 13.8 Å². The van der Waals surface area contributed by atoms with Crippen molar-refractivity contribution in [3.05, 3.63) is 60.4 Å². The maximum atomic E-state index is 13.0. The van der Waals surface area contributed by atoms with Crippen LogP contribution in [-0.4, -0.2) is 25.3 Å². The van der Waals surface area contributed by atoms with E-state index in [9.17, 15) is 4.39 Å². The first-order valence-electron chi connectivity index (χ1n) is 7.99. The van der Waals surface area contributed by atoms with Crippen LogP contribution < -0.4 is 9.47 Å². The second kappa shape index (κ2) is 7.20. The third-order valence-electron chi connectivity index (χ3n) is 3.94. The Morgan fingerprint density at radius 2 is 1.79 bits per heavy atom. The largest absolute Gasteiger partial charge is 0.488 e. The highest BCUT2D eigenvalue weighted by atomic mass is 19.1. The fraction of sp³-hybridized carbons (Fsp3) is 0.368. The monoisotopic (exact) mass is 332 g/mol. The van der Waals surface area contributed by atoms with Gasteiger partial charge in [-0.15, -0.1) is 0 Å². The van der Waals surface area contributed by atoms with E-state index in [1.54, 1.807) is 12.1 Å². The second-order valence-electron chi connectivity index (χ2n) is 6.00. The molecule has 0 radical (unpaired) electrons. The highest BCUT2D eigenvalue weighted by molar-refractivity contribution is 5.22. The molecule has 2 aromatic rings. The summed E-state index contributed by atoms with van der Waals surface area (Å²) < 4.78 is 36.4. The maximum absolute atomic E-state index is 13.0. The fourth-order valence-corrected chi connectivity index (χ4v) is 2.47. The number of ether oxygens (including phenoxy) is 4. The Morgan fingerprint density at radius 1 is 1.08 bits per heavy atom. The van der Waals surface area contributed by atoms with Crippen molar-refractivity contribution in [2.24, 2.45) is 5.92 Å². The topological polar surface area (TPSA) is 36.9 Å². The van der Waals surface area contributed by atoms with E-state index in [4.69, 9.17) is 18.9 Å². The van der Waals surface area contributed by atoms with E-state index < -0.39 is 12.1 Å². The second-order valence-corrected chi connectivity index (χ2v) is 6.00. The zero-order chi connectivity index (χ0) is 17.0. The third-order valence-corrected chi connectivity index (χ3v) is 3.94. The van der Waals surface area contributed by atoms with Crippen molar-refractivity contribution in [2.45, 2.75) is 25.9 Å². The number of hydrogen-bond acceptors (Lipinski definition) is 4. The SMILES string of the molecule is CC(C)C1(COc2ccccc2)OCC(Oc2ccc(F)cc2)O1. The zero-order valence-corrected chi connectivity index (χ0v) is 13.8. The first kappa shape index (κ1) is 16.7. The van der Waals surface area contributed by atoms with E-state index in [1.165, 1.54) is 12.1 Å². The summed E-state index contributed by atoms with van der Waals surface area (Å²) in [6, 6.07) is 15.3. The average Bonchev–Trinajstić information content (AvgIpc) is 3.01. The highest BCUT2D eigenvalue weighted by Crippen LogP contribution is 2.33. The molecule has 2 atom stereocenters. The standard InChI is InChI=1S/C19H21FO4/c1-14(2)19(13-21-16-6-4-3-5-7-16)22-12-18(24-19)23-17-10-8-15(20)9-11-17/h3-11,14,18H,12-13H2,1-2H3. The molecule has 2 unspecified atom stereocenters. The minimum absolute atomic E-state index is 0.0723. The normalized spacial score (nSPS) is 23.4. The summed E-state index contributed by atoms with van der Waals surface area (Å²) in [7, 11) is 0. The minimum atomic E-state index is -0.874. The molecule has 1 aliphatic heterocycles. The van der Waals surface area contributed by atoms with Gasteiger partial charge in [0.05, 0.1) is 0 Å². The molecule has 0 aliphatic carbocycles. The van der Waals surface area contributed by atoms with E-state index >= 15 is 0 Å². The molecule has 0 aromatic heterocycles. The van der Waals surface area contributed by atoms with Gasteiger partial charge in [0.2, 0.25) is 12.1 Å². The summed E-state index contributed by atoms with van der Waals surface area (Å²) in [5, 5.41) is 0. The van der Waals surface area contributed by atoms with E-state index in [1.807, 2.05) is 44.2 Å². The number of hydrogen-bond donors (Lipinski definition) is 0. The van der Waals surface area contributed by atoms with Gasteiger partial charge in [0.1, 0.15) is 30.5 Å². The molecular formula is C19H21FO4. The minimum Gasteiger partial charge on any atom is -0.488 e. The highest BCUT2D eigenvalue weighted by Gasteiger charge is 2.46. The third kappa shape index (κ3) is 3.86. The number of para-hydroxylation sites is 1. The summed E-state index contributed by atoms with van der Waals surface area (Å²) in [6.07, 6.45) is -0.558. The van der Waals surface area contributed by atoms with Crippen molar-refractivity contribution in [1.29, 1.82) is 0 Å². The first-order chi connectivity index (χ1) is 11.6. The zero-order valence-electron chi connectivity index (χ0n) is 13.8. The Balaban J connectivity index is 1.63. The van der Waals surface area contributed by atoms with Crippen LogP contribution in [-0.2, 0) is 9.47 Å². The van der Waals surface area contributed by atoms with Gasteiger partial charge in [-0.2, -0.15) is 0 Å². The molecule has 3 rings (SSSR count). The molecule has 1 fully saturated rings. The van der Waals surface area contributed by atoms with Gasteiger partial charge in [-0.3, -0.25) is 0 Å². The van der Waals surface area contributed by atoms with E-state index in [2.05, 4.69) is 0 Å². The van der Waals surface area contributed by atoms with Gasteiger partial charge in [0.15, 0.2) is 0 Å². The summed E-state index contributed by atoms with van der Waals surface area (Å²) in [4.78, 5) is 0. The van der Waals surface area contributed by atoms with Crippen LogP contribution in [0.25, 0.3) is 0 Å². The van der Waals surface area contributed by atoms with Crippen LogP contribution in [0, 0.1) is 11.7 Å². The van der Waals surface area contributed by atoms with Crippen LogP contribution in [0.2, 0.25) is 0 Å². The molecule has 5 heteroatoms. The molecule has 0 spiro atoms. The number of benzene rings is 2. The number of halogens is 1. The van der Waals surface area contributed by atoms with Crippen molar-refractivity contribution in [2.75, 3.05) is 13.2 Å². The molecule has 0 saturated carbocycles. The fourth-order valence-electron chi connectivity index (χ4n) is 2.47. The number of rotatable bonds is 6. The molecule has 0 bridgehead atoms. The summed E-state index contributed by atoms with van der Waals surface area (Å²) in [6.45, 7) is 4.56. The quantitative estimate of drug-likeness (QED) is 0.801. The maximum Gasteiger partial charge on any atom is 0.226 e. The summed E-state index contributed by atoms with van der Waals surface area (Å²) in [5.74, 6) is 0.184. The first-order valence-corrected chi connectivity index (χ1v) is 7.99. The van der Waals surface area contributed by atoms with Gasteiger partial charge in [-0.05, 0) is 36.4 Å². The van der Waals surface area contributed by atoms with Gasteiger partial charge in [0, 0.05) is 5.92 Å². The Bertz CT molecular complexity index is 644. The van der Waals surface area contributed by atoms with E-state index in [-0.39, 0.29) is 24.9 Å². The molecule has 24 heavy (non-hydrogen) atoms. The van der Waals surface area contributed by atoms with Crippen LogP contribution in [0.3, 0.4) is 0 Å². The Hall–Kier alpha value is -2.11. The van der Waals surface area contributed by atoms with Crippen molar-refractivity contribution in [1.82, 2.24) is 0 Å². The Morgan fingerprint density at radius 3 is 2.46 bits per heavy atom. The molecule has 1 aliphatic rings. The average molecular weight is 332 g/mol. The van der Waals surface area contributed by atoms with Crippen LogP contribution in [0.5, 0.6) is 11.5 Å². The summed E-state index contributed by atoms with van der Waals surface area (Å²) >= 11 is 0. The molecule has 0 amide bonds. The van der Waals surface area contributed by atoms with Gasteiger partial charge < -0.3 is 18.9 Å². The molecule has 4 nitrogen and oxygen atoms in total. The predicted molar refractivity (Wildman–Crippen MR) is 87.4 cm³/mol. The van der Waals surface area contributed by atoms with E-state index in [0.29, 0.717) is 5.75 Å². The molecule has 1 saturated heterocycles. The van der Waals surface area contributed by atoms with Crippen molar-refractivity contribution < 1.29 is 23.3 Å². The molecular weight excluding hydrogens is 311 g/mol. The Kier molecular flexibility index (Phi) is 5.02. The smallest absolute Gasteiger partial charge is 0.226 e. The van der Waals surface area contributed by atoms with Crippen molar-refractivity contribution in [3.8, 4) is 11.5 Å². The van der Waals surface area contributed by atoms with Gasteiger partial charge in [-0.25, -0.2) is 4.39 Å². The molecule has 0 N–H and O–H groups in total. The predicted octanol–water partition coefficient (Wildman–Crippen LogP) is 4.01. The molecule has 1 heterocycles. The van der Waals surface area contributed by atoms with Crippen LogP contribution >= 0.6 is 0 Å². The van der Waals surface area contributed by atoms with Crippen molar-refractivity contribution >= 4 is 0 Å². The van der Waals surface area contributed by atoms with E-state index in [0.717, 1.165) is 5.75 Å². The van der Waals surface area contributed by atoms with Gasteiger partial charge in [-0.1, -0.05) is 32.0 Å². The van der Waals surface area contributed by atoms with Crippen LogP contribution in [0.4, 0.5) is 4.39 Å². The lowest BCUT2D eigenvalue weighted by Crippen LogP contribution is -2.43. The summed E-state index contributed by atoms with van der Waals surface area (Å²) in [5.41, 5.74) is 0. The lowest BCUT2D eigenvalue weighted by Gasteiger charge is -2.31. The van der Waals surface area contributed by atoms with Gasteiger partial charge >= 0.3 is 0 Å². The van der Waals surface area contributed by atoms with Crippen molar-refractivity contribution in [3.63, 3.8) is 0 Å². The molecule has 128 valence electrons. The van der Waals surface area contributed by atoms with Crippen LogP contribution in [0.15, 0.2) is 54.6 Å². The lowest BCUT2D eigenvalue weighted by molar-refractivity contribution is -0.232.